The van der Waals surface area contributed by atoms with E-state index >= 15 is 0 Å². The molecular weight excluding hydrogens is 441 g/mol. The molecule has 1 atom stereocenters. The molecular formula is C26H22FNO6. The normalized spacial score (nSPS) is 17.1. The first-order chi connectivity index (χ1) is 16.4. The number of carbonyl (C=O) groups is 2. The van der Waals surface area contributed by atoms with Crippen molar-refractivity contribution in [3.05, 3.63) is 89.2 Å². The fraction of sp³-hybridized carbons (Fsp3) is 0.154. The number of Topliss-reactive ketones (excluding diaryl/α,β-unsaturated/α-hetero) is 1. The Kier molecular flexibility index (Phi) is 6.23. The molecule has 34 heavy (non-hydrogen) atoms. The van der Waals surface area contributed by atoms with Gasteiger partial charge in [-0.05, 0) is 42.5 Å². The summed E-state index contributed by atoms with van der Waals surface area (Å²) in [4.78, 5) is 27.6. The molecule has 7 nitrogen and oxygen atoms in total. The van der Waals surface area contributed by atoms with Crippen LogP contribution in [0.4, 0.5) is 10.1 Å². The molecule has 1 unspecified atom stereocenters. The highest BCUT2D eigenvalue weighted by Gasteiger charge is 2.48. The highest BCUT2D eigenvalue weighted by atomic mass is 19.1. The lowest BCUT2D eigenvalue weighted by Gasteiger charge is -2.26. The number of aliphatic hydroxyl groups excluding tert-OH is 1. The smallest absolute Gasteiger partial charge is 0.300 e. The molecule has 0 spiro atoms. The van der Waals surface area contributed by atoms with E-state index in [4.69, 9.17) is 14.2 Å². The van der Waals surface area contributed by atoms with Gasteiger partial charge in [-0.1, -0.05) is 24.3 Å². The maximum Gasteiger partial charge on any atom is 0.300 e. The molecule has 1 fully saturated rings. The third-order valence-corrected chi connectivity index (χ3v) is 5.62. The zero-order chi connectivity index (χ0) is 24.4. The van der Waals surface area contributed by atoms with Gasteiger partial charge in [-0.15, -0.1) is 0 Å². The molecule has 0 bridgehead atoms. The predicted octanol–water partition coefficient (Wildman–Crippen LogP) is 4.48. The topological polar surface area (TPSA) is 85.3 Å². The van der Waals surface area contributed by atoms with Gasteiger partial charge in [-0.25, -0.2) is 4.39 Å². The number of ketones is 1. The van der Waals surface area contributed by atoms with Crippen LogP contribution in [0.25, 0.3) is 5.76 Å². The molecule has 4 rings (SSSR count). The quantitative estimate of drug-likeness (QED) is 0.330. The van der Waals surface area contributed by atoms with Gasteiger partial charge in [0.25, 0.3) is 11.7 Å². The molecule has 3 aromatic rings. The fourth-order valence-electron chi connectivity index (χ4n) is 4.05. The van der Waals surface area contributed by atoms with Crippen molar-refractivity contribution in [1.82, 2.24) is 0 Å². The van der Waals surface area contributed by atoms with Crippen LogP contribution in [0, 0.1) is 5.82 Å². The molecule has 1 heterocycles. The van der Waals surface area contributed by atoms with E-state index in [0.717, 1.165) is 11.0 Å². The van der Waals surface area contributed by atoms with Gasteiger partial charge >= 0.3 is 0 Å². The Labute approximate surface area is 195 Å². The summed E-state index contributed by atoms with van der Waals surface area (Å²) in [5.41, 5.74) is 0.709. The van der Waals surface area contributed by atoms with Gasteiger partial charge in [0.15, 0.2) is 11.5 Å². The summed E-state index contributed by atoms with van der Waals surface area (Å²) in [6.45, 7) is 0. The van der Waals surface area contributed by atoms with Crippen LogP contribution in [0.3, 0.4) is 0 Å². The maximum atomic E-state index is 14.1. The molecule has 3 aromatic carbocycles. The van der Waals surface area contributed by atoms with E-state index < -0.39 is 29.3 Å². The molecule has 0 radical (unpaired) electrons. The molecule has 8 heteroatoms. The van der Waals surface area contributed by atoms with Crippen LogP contribution in [0.5, 0.6) is 17.2 Å². The van der Waals surface area contributed by atoms with E-state index in [1.807, 2.05) is 0 Å². The summed E-state index contributed by atoms with van der Waals surface area (Å²) < 4.78 is 30.1. The summed E-state index contributed by atoms with van der Waals surface area (Å²) in [6.07, 6.45) is 0. The minimum absolute atomic E-state index is 0.161. The number of carbonyl (C=O) groups excluding carboxylic acids is 2. The van der Waals surface area contributed by atoms with Crippen molar-refractivity contribution in [3.8, 4) is 17.2 Å². The van der Waals surface area contributed by atoms with Crippen LogP contribution in [-0.4, -0.2) is 38.1 Å². The fourth-order valence-corrected chi connectivity index (χ4v) is 4.05. The predicted molar refractivity (Wildman–Crippen MR) is 124 cm³/mol. The van der Waals surface area contributed by atoms with Gasteiger partial charge in [0.2, 0.25) is 0 Å². The SMILES string of the molecule is COc1ccc(/C(O)=C2\C(=O)C(=O)N(c3cccc(F)c3)C2c2ccccc2OC)cc1OC. The average Bonchev–Trinajstić information content (AvgIpc) is 3.13. The molecule has 1 aliphatic rings. The first-order valence-corrected chi connectivity index (χ1v) is 10.3. The summed E-state index contributed by atoms with van der Waals surface area (Å²) in [6, 6.07) is 15.7. The second-order valence-corrected chi connectivity index (χ2v) is 7.46. The van der Waals surface area contributed by atoms with Crippen LogP contribution in [-0.2, 0) is 9.59 Å². The van der Waals surface area contributed by atoms with Crippen molar-refractivity contribution in [3.63, 3.8) is 0 Å². The van der Waals surface area contributed by atoms with Gasteiger partial charge in [0.05, 0.1) is 32.9 Å². The summed E-state index contributed by atoms with van der Waals surface area (Å²) in [5.74, 6) is -1.63. The van der Waals surface area contributed by atoms with Crippen molar-refractivity contribution in [2.24, 2.45) is 0 Å². The average molecular weight is 463 g/mol. The molecule has 1 aliphatic heterocycles. The Morgan fingerprint density at radius 3 is 2.24 bits per heavy atom. The minimum atomic E-state index is -1.06. The number of amides is 1. The molecule has 0 aliphatic carbocycles. The van der Waals surface area contributed by atoms with Gasteiger partial charge in [0.1, 0.15) is 17.3 Å². The number of hydrogen-bond acceptors (Lipinski definition) is 6. The Morgan fingerprint density at radius 1 is 0.853 bits per heavy atom. The van der Waals surface area contributed by atoms with Gasteiger partial charge in [0, 0.05) is 16.8 Å². The van der Waals surface area contributed by atoms with E-state index in [2.05, 4.69) is 0 Å². The van der Waals surface area contributed by atoms with E-state index in [1.54, 1.807) is 36.4 Å². The van der Waals surface area contributed by atoms with Crippen LogP contribution in [0.15, 0.2) is 72.3 Å². The number of halogens is 1. The minimum Gasteiger partial charge on any atom is -0.507 e. The second-order valence-electron chi connectivity index (χ2n) is 7.46. The lowest BCUT2D eigenvalue weighted by molar-refractivity contribution is -0.132. The van der Waals surface area contributed by atoms with E-state index in [-0.39, 0.29) is 16.8 Å². The first-order valence-electron chi connectivity index (χ1n) is 10.3. The lowest BCUT2D eigenvalue weighted by Crippen LogP contribution is -2.29. The Balaban J connectivity index is 1.98. The van der Waals surface area contributed by atoms with Crippen LogP contribution in [0.1, 0.15) is 17.2 Å². The number of benzene rings is 3. The Hall–Kier alpha value is -4.33. The summed E-state index contributed by atoms with van der Waals surface area (Å²) in [5, 5.41) is 11.3. The molecule has 0 aromatic heterocycles. The summed E-state index contributed by atoms with van der Waals surface area (Å²) >= 11 is 0. The van der Waals surface area contributed by atoms with Crippen LogP contribution >= 0.6 is 0 Å². The molecule has 1 N–H and O–H groups in total. The van der Waals surface area contributed by atoms with Gasteiger partial charge < -0.3 is 19.3 Å². The number of ether oxygens (including phenoxy) is 3. The van der Waals surface area contributed by atoms with Crippen LogP contribution < -0.4 is 19.1 Å². The first kappa shape index (κ1) is 22.8. The number of aliphatic hydroxyl groups is 1. The Bertz CT molecular complexity index is 1300. The van der Waals surface area contributed by atoms with Crippen molar-refractivity contribution < 1.29 is 33.3 Å². The van der Waals surface area contributed by atoms with Crippen molar-refractivity contribution in [2.75, 3.05) is 26.2 Å². The number of nitrogens with zero attached hydrogens (tertiary/aromatic N) is 1. The molecule has 0 saturated carbocycles. The number of methoxy groups -OCH3 is 3. The third-order valence-electron chi connectivity index (χ3n) is 5.62. The van der Waals surface area contributed by atoms with Crippen molar-refractivity contribution in [1.29, 1.82) is 0 Å². The highest BCUT2D eigenvalue weighted by Crippen LogP contribution is 2.45. The molecule has 1 amide bonds. The lowest BCUT2D eigenvalue weighted by atomic mass is 9.94. The standard InChI is InChI=1S/C26H22FNO6/c1-32-19-10-5-4-9-18(19)23-22(24(29)15-11-12-20(33-2)21(13-15)34-3)25(30)26(31)28(23)17-8-6-7-16(27)14-17/h4-14,23,29H,1-3H3/b24-22+. The number of rotatable bonds is 6. The van der Waals surface area contributed by atoms with E-state index in [1.165, 1.54) is 45.6 Å². The van der Waals surface area contributed by atoms with E-state index in [0.29, 0.717) is 22.8 Å². The zero-order valence-corrected chi connectivity index (χ0v) is 18.7. The number of para-hydroxylation sites is 1. The van der Waals surface area contributed by atoms with E-state index in [9.17, 15) is 19.1 Å². The zero-order valence-electron chi connectivity index (χ0n) is 18.7. The molecule has 174 valence electrons. The Morgan fingerprint density at radius 2 is 1.56 bits per heavy atom. The monoisotopic (exact) mass is 463 g/mol. The van der Waals surface area contributed by atoms with Gasteiger partial charge in [-0.2, -0.15) is 0 Å². The largest absolute Gasteiger partial charge is 0.507 e. The van der Waals surface area contributed by atoms with Gasteiger partial charge in [-0.3, -0.25) is 14.5 Å². The van der Waals surface area contributed by atoms with Crippen molar-refractivity contribution in [2.45, 2.75) is 6.04 Å². The summed E-state index contributed by atoms with van der Waals surface area (Å²) in [7, 11) is 4.38. The van der Waals surface area contributed by atoms with Crippen molar-refractivity contribution >= 4 is 23.1 Å². The maximum absolute atomic E-state index is 14.1. The highest BCUT2D eigenvalue weighted by molar-refractivity contribution is 6.51. The van der Waals surface area contributed by atoms with Crippen LogP contribution in [0.2, 0.25) is 0 Å². The molecule has 1 saturated heterocycles. The number of anilines is 1. The number of hydrogen-bond donors (Lipinski definition) is 1. The third kappa shape index (κ3) is 3.83. The second kappa shape index (κ2) is 9.27.